The van der Waals surface area contributed by atoms with Crippen LogP contribution in [-0.4, -0.2) is 8.42 Å². The molecule has 0 amide bonds. The molecule has 3 N–H and O–H groups in total. The van der Waals surface area contributed by atoms with E-state index in [0.717, 1.165) is 0 Å². The number of hydrogen-bond donors (Lipinski definition) is 2. The lowest BCUT2D eigenvalue weighted by Gasteiger charge is -2.14. The number of sulfonamides is 1. The first-order chi connectivity index (χ1) is 9.31. The lowest BCUT2D eigenvalue weighted by Crippen LogP contribution is -2.27. The van der Waals surface area contributed by atoms with Crippen LogP contribution in [0.5, 0.6) is 0 Å². The Bertz CT molecular complexity index is 711. The van der Waals surface area contributed by atoms with Gasteiger partial charge < -0.3 is 10.2 Å². The van der Waals surface area contributed by atoms with Crippen molar-refractivity contribution < 1.29 is 12.8 Å². The number of nitrogens with one attached hydrogen (secondary N) is 1. The minimum Gasteiger partial charge on any atom is -0.468 e. The number of furan rings is 1. The number of nitrogens with two attached hydrogens (primary N) is 1. The van der Waals surface area contributed by atoms with Crippen LogP contribution in [0.4, 0.5) is 5.69 Å². The second kappa shape index (κ2) is 5.59. The summed E-state index contributed by atoms with van der Waals surface area (Å²) in [6, 6.07) is 6.09. The zero-order valence-corrected chi connectivity index (χ0v) is 13.5. The van der Waals surface area contributed by atoms with Crippen molar-refractivity contribution in [3.8, 4) is 0 Å². The van der Waals surface area contributed by atoms with Gasteiger partial charge in [-0.25, -0.2) is 13.1 Å². The van der Waals surface area contributed by atoms with Crippen molar-refractivity contribution in [1.82, 2.24) is 4.72 Å². The van der Waals surface area contributed by atoms with E-state index < -0.39 is 16.1 Å². The highest BCUT2D eigenvalue weighted by atomic mass is 79.9. The molecule has 1 aromatic carbocycles. The van der Waals surface area contributed by atoms with E-state index in [-0.39, 0.29) is 4.90 Å². The van der Waals surface area contributed by atoms with E-state index in [2.05, 4.69) is 20.7 Å². The number of anilines is 1. The summed E-state index contributed by atoms with van der Waals surface area (Å²) in [7, 11) is -3.67. The van der Waals surface area contributed by atoms with Gasteiger partial charge in [0, 0.05) is 10.2 Å². The lowest BCUT2D eigenvalue weighted by molar-refractivity contribution is 0.459. The van der Waals surface area contributed by atoms with Crippen molar-refractivity contribution in [3.63, 3.8) is 0 Å². The Morgan fingerprint density at radius 1 is 1.40 bits per heavy atom. The summed E-state index contributed by atoms with van der Waals surface area (Å²) in [5.41, 5.74) is 6.75. The third kappa shape index (κ3) is 3.05. The van der Waals surface area contributed by atoms with Gasteiger partial charge in [0.15, 0.2) is 0 Å². The highest BCUT2D eigenvalue weighted by Crippen LogP contribution is 2.27. The van der Waals surface area contributed by atoms with Crippen molar-refractivity contribution in [2.75, 3.05) is 5.73 Å². The van der Waals surface area contributed by atoms with Crippen LogP contribution in [0.15, 0.2) is 44.3 Å². The first-order valence-electron chi connectivity index (χ1n) is 5.92. The molecule has 0 radical (unpaired) electrons. The lowest BCUT2D eigenvalue weighted by atomic mass is 10.2. The molecular formula is C13H15BrN2O3S. The average molecular weight is 359 g/mol. The predicted octanol–water partition coefficient (Wildman–Crippen LogP) is 2.97. The van der Waals surface area contributed by atoms with Crippen molar-refractivity contribution in [1.29, 1.82) is 0 Å². The largest absolute Gasteiger partial charge is 0.468 e. The fraction of sp³-hybridized carbons (Fsp3) is 0.231. The summed E-state index contributed by atoms with van der Waals surface area (Å²) in [5.74, 6) is 0.552. The number of benzene rings is 1. The normalized spacial score (nSPS) is 13.3. The molecule has 1 heterocycles. The van der Waals surface area contributed by atoms with Gasteiger partial charge in [0.2, 0.25) is 10.0 Å². The van der Waals surface area contributed by atoms with E-state index in [1.54, 1.807) is 32.0 Å². The fourth-order valence-electron chi connectivity index (χ4n) is 1.85. The first kappa shape index (κ1) is 15.1. The molecule has 0 saturated heterocycles. The van der Waals surface area contributed by atoms with Crippen LogP contribution in [0.1, 0.15) is 24.3 Å². The summed E-state index contributed by atoms with van der Waals surface area (Å²) in [5, 5.41) is 0. The van der Waals surface area contributed by atoms with Crippen LogP contribution in [0, 0.1) is 6.92 Å². The molecule has 0 bridgehead atoms. The third-order valence-electron chi connectivity index (χ3n) is 2.89. The van der Waals surface area contributed by atoms with Crippen LogP contribution >= 0.6 is 15.9 Å². The highest BCUT2D eigenvalue weighted by Gasteiger charge is 2.22. The molecule has 1 aromatic heterocycles. The van der Waals surface area contributed by atoms with Crippen LogP contribution in [0.2, 0.25) is 0 Å². The Kier molecular flexibility index (Phi) is 4.22. The molecule has 2 aromatic rings. The molecule has 1 atom stereocenters. The van der Waals surface area contributed by atoms with Crippen LogP contribution in [0.3, 0.4) is 0 Å². The second-order valence-corrected chi connectivity index (χ2v) is 7.03. The number of aryl methyl sites for hydroxylation is 1. The van der Waals surface area contributed by atoms with E-state index in [9.17, 15) is 8.42 Å². The van der Waals surface area contributed by atoms with Crippen molar-refractivity contribution in [2.24, 2.45) is 0 Å². The molecule has 20 heavy (non-hydrogen) atoms. The molecule has 0 aliphatic heterocycles. The number of nitrogen functional groups attached to an aromatic ring is 1. The predicted molar refractivity (Wildman–Crippen MR) is 80.7 cm³/mol. The maximum Gasteiger partial charge on any atom is 0.241 e. The van der Waals surface area contributed by atoms with E-state index in [0.29, 0.717) is 21.5 Å². The summed E-state index contributed by atoms with van der Waals surface area (Å²) in [6.07, 6.45) is 1.50. The molecule has 0 saturated carbocycles. The van der Waals surface area contributed by atoms with Gasteiger partial charge in [0.1, 0.15) is 5.76 Å². The van der Waals surface area contributed by atoms with Gasteiger partial charge in [0.25, 0.3) is 0 Å². The van der Waals surface area contributed by atoms with Crippen molar-refractivity contribution >= 4 is 31.6 Å². The maximum atomic E-state index is 12.4. The summed E-state index contributed by atoms with van der Waals surface area (Å²) >= 11 is 3.27. The van der Waals surface area contributed by atoms with E-state index >= 15 is 0 Å². The van der Waals surface area contributed by atoms with Gasteiger partial charge in [-0.2, -0.15) is 0 Å². The summed E-state index contributed by atoms with van der Waals surface area (Å²) in [4.78, 5) is 0.164. The molecule has 2 rings (SSSR count). The van der Waals surface area contributed by atoms with Gasteiger partial charge in [-0.3, -0.25) is 0 Å². The van der Waals surface area contributed by atoms with Gasteiger partial charge in [-0.15, -0.1) is 0 Å². The molecule has 0 spiro atoms. The zero-order valence-electron chi connectivity index (χ0n) is 11.1. The van der Waals surface area contributed by atoms with Crippen LogP contribution in [0.25, 0.3) is 0 Å². The van der Waals surface area contributed by atoms with Gasteiger partial charge in [0.05, 0.1) is 17.2 Å². The van der Waals surface area contributed by atoms with Gasteiger partial charge in [-0.1, -0.05) is 0 Å². The molecule has 0 aliphatic carbocycles. The fourth-order valence-corrected chi connectivity index (χ4v) is 3.78. The molecule has 1 unspecified atom stereocenters. The minimum atomic E-state index is -3.67. The van der Waals surface area contributed by atoms with E-state index in [1.165, 1.54) is 12.3 Å². The summed E-state index contributed by atoms with van der Waals surface area (Å²) < 4.78 is 33.2. The number of halogens is 1. The summed E-state index contributed by atoms with van der Waals surface area (Å²) in [6.45, 7) is 3.43. The van der Waals surface area contributed by atoms with E-state index in [1.807, 2.05) is 0 Å². The maximum absolute atomic E-state index is 12.4. The smallest absolute Gasteiger partial charge is 0.241 e. The Morgan fingerprint density at radius 3 is 2.70 bits per heavy atom. The van der Waals surface area contributed by atoms with E-state index in [4.69, 9.17) is 10.2 Å². The third-order valence-corrected chi connectivity index (χ3v) is 5.26. The molecule has 5 nitrogen and oxygen atoms in total. The Labute approximate surface area is 126 Å². The van der Waals surface area contributed by atoms with Crippen molar-refractivity contribution in [3.05, 3.63) is 46.3 Å². The Hall–Kier alpha value is -1.31. The molecule has 108 valence electrons. The first-order valence-corrected chi connectivity index (χ1v) is 8.20. The topological polar surface area (TPSA) is 85.3 Å². The van der Waals surface area contributed by atoms with Gasteiger partial charge >= 0.3 is 0 Å². The molecular weight excluding hydrogens is 344 g/mol. The SMILES string of the molecule is Cc1cc(Br)c(N)cc1S(=O)(=O)NC(C)c1ccco1. The standard InChI is InChI=1S/C13H15BrN2O3S/c1-8-6-10(14)11(15)7-13(8)20(17,18)16-9(2)12-4-3-5-19-12/h3-7,9,16H,15H2,1-2H3. The van der Waals surface area contributed by atoms with Crippen LogP contribution in [-0.2, 0) is 10.0 Å². The monoisotopic (exact) mass is 358 g/mol. The van der Waals surface area contributed by atoms with Crippen molar-refractivity contribution in [2.45, 2.75) is 24.8 Å². The zero-order chi connectivity index (χ0) is 14.9. The minimum absolute atomic E-state index is 0.164. The Balaban J connectivity index is 2.34. The van der Waals surface area contributed by atoms with Crippen LogP contribution < -0.4 is 10.5 Å². The molecule has 7 heteroatoms. The quantitative estimate of drug-likeness (QED) is 0.822. The van der Waals surface area contributed by atoms with Gasteiger partial charge in [-0.05, 0) is 59.6 Å². The molecule has 0 aliphatic rings. The highest BCUT2D eigenvalue weighted by molar-refractivity contribution is 9.10. The average Bonchev–Trinajstić information content (AvgIpc) is 2.86. The second-order valence-electron chi connectivity index (χ2n) is 4.50. The Morgan fingerprint density at radius 2 is 2.10 bits per heavy atom. The number of rotatable bonds is 4. The molecule has 0 fully saturated rings. The number of hydrogen-bond acceptors (Lipinski definition) is 4.